The molecule has 10 heteroatoms. The van der Waals surface area contributed by atoms with Crippen LogP contribution >= 0.6 is 12.2 Å². The zero-order valence-electron chi connectivity index (χ0n) is 18.4. The van der Waals surface area contributed by atoms with Crippen molar-refractivity contribution in [1.29, 1.82) is 0 Å². The number of benzene rings is 3. The highest BCUT2D eigenvalue weighted by atomic mass is 32.2. The smallest absolute Gasteiger partial charge is 0.264 e. The van der Waals surface area contributed by atoms with Gasteiger partial charge in [0.15, 0.2) is 5.11 Å². The van der Waals surface area contributed by atoms with Gasteiger partial charge >= 0.3 is 0 Å². The first kappa shape index (κ1) is 24.1. The van der Waals surface area contributed by atoms with Gasteiger partial charge in [-0.3, -0.25) is 4.72 Å². The van der Waals surface area contributed by atoms with Gasteiger partial charge < -0.3 is 24.8 Å². The first-order valence-corrected chi connectivity index (χ1v) is 11.9. The Hall–Kier alpha value is -3.50. The molecule has 0 heterocycles. The predicted octanol–water partition coefficient (Wildman–Crippen LogP) is 4.71. The van der Waals surface area contributed by atoms with E-state index in [4.69, 9.17) is 26.4 Å². The van der Waals surface area contributed by atoms with Crippen LogP contribution in [0.4, 0.5) is 17.1 Å². The molecule has 0 aliphatic rings. The minimum atomic E-state index is -3.97. The topological polar surface area (TPSA) is 97.9 Å². The molecule has 0 fully saturated rings. The number of ether oxygens (including phenoxy) is 3. The van der Waals surface area contributed by atoms with Crippen LogP contribution in [0.3, 0.4) is 0 Å². The number of sulfonamides is 1. The molecule has 0 aromatic heterocycles. The third kappa shape index (κ3) is 6.50. The number of thiocarbonyl (C=S) groups is 1. The summed E-state index contributed by atoms with van der Waals surface area (Å²) < 4.78 is 44.7. The average molecular weight is 488 g/mol. The third-order valence-electron chi connectivity index (χ3n) is 4.49. The molecule has 3 aromatic rings. The van der Waals surface area contributed by atoms with E-state index in [-0.39, 0.29) is 10.0 Å². The summed E-state index contributed by atoms with van der Waals surface area (Å²) in [6.45, 7) is 2.40. The molecule has 8 nitrogen and oxygen atoms in total. The Bertz CT molecular complexity index is 1200. The van der Waals surface area contributed by atoms with Crippen molar-refractivity contribution in [3.8, 4) is 17.2 Å². The van der Waals surface area contributed by atoms with Crippen LogP contribution in [0.15, 0.2) is 71.6 Å². The second-order valence-corrected chi connectivity index (χ2v) is 8.79. The Morgan fingerprint density at radius 3 is 2.00 bits per heavy atom. The lowest BCUT2D eigenvalue weighted by Gasteiger charge is -2.16. The largest absolute Gasteiger partial charge is 0.497 e. The normalized spacial score (nSPS) is 10.8. The molecule has 174 valence electrons. The first-order valence-electron chi connectivity index (χ1n) is 10.0. The van der Waals surface area contributed by atoms with Gasteiger partial charge in [-0.2, -0.15) is 0 Å². The summed E-state index contributed by atoms with van der Waals surface area (Å²) in [5.41, 5.74) is 1.41. The molecule has 0 saturated heterocycles. The Balaban J connectivity index is 1.82. The quantitative estimate of drug-likeness (QED) is 0.373. The Morgan fingerprint density at radius 2 is 1.39 bits per heavy atom. The second kappa shape index (κ2) is 10.9. The van der Waals surface area contributed by atoms with Crippen molar-refractivity contribution in [2.24, 2.45) is 0 Å². The molecule has 0 radical (unpaired) electrons. The van der Waals surface area contributed by atoms with Gasteiger partial charge in [-0.15, -0.1) is 0 Å². The van der Waals surface area contributed by atoms with Crippen LogP contribution in [0.1, 0.15) is 6.92 Å². The van der Waals surface area contributed by atoms with Crippen molar-refractivity contribution in [2.45, 2.75) is 11.8 Å². The van der Waals surface area contributed by atoms with Crippen LogP contribution in [-0.2, 0) is 10.0 Å². The lowest BCUT2D eigenvalue weighted by atomic mass is 10.3. The number of methoxy groups -OCH3 is 2. The number of rotatable bonds is 9. The molecule has 3 aromatic carbocycles. The van der Waals surface area contributed by atoms with Crippen LogP contribution in [0.25, 0.3) is 0 Å². The lowest BCUT2D eigenvalue weighted by molar-refractivity contribution is 0.340. The number of hydrogen-bond acceptors (Lipinski definition) is 6. The lowest BCUT2D eigenvalue weighted by Crippen LogP contribution is -2.22. The Kier molecular flexibility index (Phi) is 7.96. The molecular formula is C23H25N3O5S2. The second-order valence-electron chi connectivity index (χ2n) is 6.73. The maximum absolute atomic E-state index is 13.2. The Morgan fingerprint density at radius 1 is 0.818 bits per heavy atom. The van der Waals surface area contributed by atoms with Crippen molar-refractivity contribution in [3.05, 3.63) is 66.7 Å². The molecule has 0 atom stereocenters. The van der Waals surface area contributed by atoms with Gasteiger partial charge in [0.25, 0.3) is 10.0 Å². The maximum Gasteiger partial charge on any atom is 0.264 e. The van der Waals surface area contributed by atoms with Crippen LogP contribution in [0.2, 0.25) is 0 Å². The van der Waals surface area contributed by atoms with Crippen molar-refractivity contribution in [1.82, 2.24) is 0 Å². The SMILES string of the molecule is CCOc1ccc(NS(=O)(=O)c2cc(OC)ccc2NC(=S)Nc2ccc(OC)cc2)cc1. The van der Waals surface area contributed by atoms with E-state index >= 15 is 0 Å². The van der Waals surface area contributed by atoms with Crippen LogP contribution in [-0.4, -0.2) is 34.4 Å². The van der Waals surface area contributed by atoms with Crippen molar-refractivity contribution < 1.29 is 22.6 Å². The summed E-state index contributed by atoms with van der Waals surface area (Å²) >= 11 is 5.38. The summed E-state index contributed by atoms with van der Waals surface area (Å²) in [6.07, 6.45) is 0. The van der Waals surface area contributed by atoms with E-state index in [1.165, 1.54) is 13.2 Å². The fourth-order valence-electron chi connectivity index (χ4n) is 2.91. The highest BCUT2D eigenvalue weighted by Gasteiger charge is 2.21. The molecule has 3 N–H and O–H groups in total. The summed E-state index contributed by atoms with van der Waals surface area (Å²) in [7, 11) is -0.915. The first-order chi connectivity index (χ1) is 15.8. The Labute approximate surface area is 198 Å². The van der Waals surface area contributed by atoms with E-state index in [0.29, 0.717) is 35.2 Å². The maximum atomic E-state index is 13.2. The van der Waals surface area contributed by atoms with E-state index in [0.717, 1.165) is 5.69 Å². The molecule has 0 bridgehead atoms. The van der Waals surface area contributed by atoms with Gasteiger partial charge in [0.2, 0.25) is 0 Å². The molecule has 0 unspecified atom stereocenters. The summed E-state index contributed by atoms with van der Waals surface area (Å²) in [5, 5.41) is 6.20. The minimum absolute atomic E-state index is 0.0189. The van der Waals surface area contributed by atoms with E-state index in [1.54, 1.807) is 67.8 Å². The molecule has 0 aliphatic heterocycles. The monoisotopic (exact) mass is 487 g/mol. The highest BCUT2D eigenvalue weighted by molar-refractivity contribution is 7.93. The van der Waals surface area contributed by atoms with E-state index in [2.05, 4.69) is 15.4 Å². The fourth-order valence-corrected chi connectivity index (χ4v) is 4.37. The summed E-state index contributed by atoms with van der Waals surface area (Å²) in [6, 6.07) is 18.5. The van der Waals surface area contributed by atoms with E-state index in [1.807, 2.05) is 6.92 Å². The van der Waals surface area contributed by atoms with E-state index < -0.39 is 10.0 Å². The van der Waals surface area contributed by atoms with Crippen molar-refractivity contribution in [2.75, 3.05) is 36.2 Å². The predicted molar refractivity (Wildman–Crippen MR) is 134 cm³/mol. The van der Waals surface area contributed by atoms with Crippen LogP contribution in [0, 0.1) is 0 Å². The van der Waals surface area contributed by atoms with Gasteiger partial charge in [-0.25, -0.2) is 8.42 Å². The average Bonchev–Trinajstić information content (AvgIpc) is 2.81. The van der Waals surface area contributed by atoms with Gasteiger partial charge in [0, 0.05) is 17.4 Å². The molecule has 3 rings (SSSR count). The number of anilines is 3. The fraction of sp³-hybridized carbons (Fsp3) is 0.174. The molecule has 0 spiro atoms. The zero-order chi connectivity index (χ0) is 23.8. The van der Waals surface area contributed by atoms with E-state index in [9.17, 15) is 8.42 Å². The van der Waals surface area contributed by atoms with Gasteiger partial charge in [0.05, 0.1) is 26.5 Å². The van der Waals surface area contributed by atoms with Gasteiger partial charge in [-0.1, -0.05) is 0 Å². The van der Waals surface area contributed by atoms with Gasteiger partial charge in [-0.05, 0) is 79.8 Å². The molecule has 0 amide bonds. The van der Waals surface area contributed by atoms with Crippen LogP contribution < -0.4 is 29.6 Å². The minimum Gasteiger partial charge on any atom is -0.497 e. The number of hydrogen-bond donors (Lipinski definition) is 3. The van der Waals surface area contributed by atoms with Crippen LogP contribution in [0.5, 0.6) is 17.2 Å². The molecule has 0 saturated carbocycles. The standard InChI is InChI=1S/C23H25N3O5S2/c1-4-31-19-11-7-17(8-12-19)26-33(27,28)22-15-20(30-3)13-14-21(22)25-23(32)24-16-5-9-18(29-2)10-6-16/h5-15,26H,4H2,1-3H3,(H2,24,25,32). The molecular weight excluding hydrogens is 462 g/mol. The number of nitrogens with one attached hydrogen (secondary N) is 3. The zero-order valence-corrected chi connectivity index (χ0v) is 20.0. The van der Waals surface area contributed by atoms with Crippen molar-refractivity contribution in [3.63, 3.8) is 0 Å². The molecule has 0 aliphatic carbocycles. The van der Waals surface area contributed by atoms with Gasteiger partial charge in [0.1, 0.15) is 22.1 Å². The third-order valence-corrected chi connectivity index (χ3v) is 6.12. The molecule has 33 heavy (non-hydrogen) atoms. The summed E-state index contributed by atoms with van der Waals surface area (Å²) in [5.74, 6) is 1.75. The summed E-state index contributed by atoms with van der Waals surface area (Å²) in [4.78, 5) is -0.0189. The van der Waals surface area contributed by atoms with Crippen molar-refractivity contribution >= 4 is 44.4 Å². The highest BCUT2D eigenvalue weighted by Crippen LogP contribution is 2.29.